The molecule has 2 amide bonds. The Balaban J connectivity index is 1.66. The summed E-state index contributed by atoms with van der Waals surface area (Å²) in [4.78, 5) is 20.2. The van der Waals surface area contributed by atoms with E-state index in [1.807, 2.05) is 0 Å². The van der Waals surface area contributed by atoms with Crippen LogP contribution >= 0.6 is 0 Å². The fourth-order valence-electron chi connectivity index (χ4n) is 2.50. The Hall–Kier alpha value is -1.73. The lowest BCUT2D eigenvalue weighted by atomic mass is 10.1. The van der Waals surface area contributed by atoms with Crippen molar-refractivity contribution >= 4 is 11.7 Å². The number of halogens is 1. The highest BCUT2D eigenvalue weighted by Gasteiger charge is 2.18. The zero-order valence-corrected chi connectivity index (χ0v) is 13.2. The molecule has 22 heavy (non-hydrogen) atoms. The number of rotatable bonds is 5. The molecule has 1 saturated heterocycles. The van der Waals surface area contributed by atoms with Gasteiger partial charge < -0.3 is 15.5 Å². The number of amides is 2. The standard InChI is InChI=1S/C15H24FN5O/c1-12(21-7-5-20(2)6-8-21)3-4-18-15(22)19-14-9-13(16)10-17-11-14/h9-12H,3-8H2,1-2H3,(H2,18,19,22)/t12-/m1/s1. The third kappa shape index (κ3) is 5.23. The Kier molecular flexibility index (Phi) is 6.09. The maximum absolute atomic E-state index is 13.0. The van der Waals surface area contributed by atoms with Gasteiger partial charge in [-0.1, -0.05) is 0 Å². The van der Waals surface area contributed by atoms with Gasteiger partial charge in [-0.05, 0) is 20.4 Å². The van der Waals surface area contributed by atoms with Gasteiger partial charge >= 0.3 is 6.03 Å². The lowest BCUT2D eigenvalue weighted by molar-refractivity contribution is 0.115. The molecule has 1 aliphatic rings. The van der Waals surface area contributed by atoms with Crippen molar-refractivity contribution in [2.24, 2.45) is 0 Å². The van der Waals surface area contributed by atoms with E-state index in [1.165, 1.54) is 12.3 Å². The normalized spacial score (nSPS) is 18.0. The van der Waals surface area contributed by atoms with Crippen molar-refractivity contribution in [2.75, 3.05) is 45.1 Å². The van der Waals surface area contributed by atoms with E-state index in [0.29, 0.717) is 18.3 Å². The van der Waals surface area contributed by atoms with Crippen LogP contribution in [0.2, 0.25) is 0 Å². The fraction of sp³-hybridized carbons (Fsp3) is 0.600. The lowest BCUT2D eigenvalue weighted by Gasteiger charge is -2.36. The molecule has 2 rings (SSSR count). The molecule has 122 valence electrons. The molecule has 1 fully saturated rings. The number of nitrogens with one attached hydrogen (secondary N) is 2. The first-order chi connectivity index (χ1) is 10.5. The topological polar surface area (TPSA) is 60.5 Å². The van der Waals surface area contributed by atoms with Gasteiger partial charge in [0.25, 0.3) is 0 Å². The van der Waals surface area contributed by atoms with E-state index in [9.17, 15) is 9.18 Å². The quantitative estimate of drug-likeness (QED) is 0.862. The van der Waals surface area contributed by atoms with Crippen LogP contribution in [0.15, 0.2) is 18.5 Å². The predicted octanol–water partition coefficient (Wildman–Crippen LogP) is 1.37. The number of urea groups is 1. The zero-order valence-electron chi connectivity index (χ0n) is 13.2. The van der Waals surface area contributed by atoms with Crippen molar-refractivity contribution in [1.82, 2.24) is 20.1 Å². The minimum Gasteiger partial charge on any atom is -0.338 e. The number of carbonyl (C=O) groups is 1. The van der Waals surface area contributed by atoms with Crippen LogP contribution in [0.4, 0.5) is 14.9 Å². The summed E-state index contributed by atoms with van der Waals surface area (Å²) in [5, 5.41) is 5.36. The van der Waals surface area contributed by atoms with Gasteiger partial charge in [0, 0.05) is 44.8 Å². The van der Waals surface area contributed by atoms with Crippen LogP contribution < -0.4 is 10.6 Å². The molecule has 6 nitrogen and oxygen atoms in total. The molecule has 2 N–H and O–H groups in total. The largest absolute Gasteiger partial charge is 0.338 e. The fourth-order valence-corrected chi connectivity index (χ4v) is 2.50. The van der Waals surface area contributed by atoms with Crippen LogP contribution in [0.25, 0.3) is 0 Å². The van der Waals surface area contributed by atoms with Gasteiger partial charge in [0.05, 0.1) is 18.1 Å². The van der Waals surface area contributed by atoms with E-state index < -0.39 is 5.82 Å². The number of anilines is 1. The highest BCUT2D eigenvalue weighted by Crippen LogP contribution is 2.08. The second-order valence-electron chi connectivity index (χ2n) is 5.75. The van der Waals surface area contributed by atoms with Crippen LogP contribution in [0.3, 0.4) is 0 Å². The van der Waals surface area contributed by atoms with Crippen LogP contribution in [-0.2, 0) is 0 Å². The third-order valence-electron chi connectivity index (χ3n) is 3.97. The Labute approximate surface area is 130 Å². The highest BCUT2D eigenvalue weighted by atomic mass is 19.1. The molecular formula is C15H24FN5O. The second kappa shape index (κ2) is 8.05. The van der Waals surface area contributed by atoms with Gasteiger partial charge in [0.1, 0.15) is 5.82 Å². The predicted molar refractivity (Wildman–Crippen MR) is 84.4 cm³/mol. The molecule has 0 saturated carbocycles. The number of aromatic nitrogens is 1. The molecule has 0 spiro atoms. The van der Waals surface area contributed by atoms with Gasteiger partial charge in [-0.15, -0.1) is 0 Å². The third-order valence-corrected chi connectivity index (χ3v) is 3.97. The zero-order chi connectivity index (χ0) is 15.9. The van der Waals surface area contributed by atoms with E-state index in [2.05, 4.69) is 39.4 Å². The molecule has 1 atom stereocenters. The summed E-state index contributed by atoms with van der Waals surface area (Å²) in [6, 6.07) is 1.34. The number of pyridine rings is 1. The molecular weight excluding hydrogens is 285 g/mol. The summed E-state index contributed by atoms with van der Waals surface area (Å²) >= 11 is 0. The summed E-state index contributed by atoms with van der Waals surface area (Å²) in [6.45, 7) is 7.08. The van der Waals surface area contributed by atoms with Gasteiger partial charge in [0.2, 0.25) is 0 Å². The summed E-state index contributed by atoms with van der Waals surface area (Å²) < 4.78 is 13.0. The Morgan fingerprint density at radius 1 is 1.36 bits per heavy atom. The molecule has 7 heteroatoms. The second-order valence-corrected chi connectivity index (χ2v) is 5.75. The SMILES string of the molecule is C[C@H](CCNC(=O)Nc1cncc(F)c1)N1CCN(C)CC1. The highest BCUT2D eigenvalue weighted by molar-refractivity contribution is 5.88. The van der Waals surface area contributed by atoms with Crippen LogP contribution in [0.1, 0.15) is 13.3 Å². The molecule has 0 aliphatic carbocycles. The number of likely N-dealkylation sites (N-methyl/N-ethyl adjacent to an activating group) is 1. The van der Waals surface area contributed by atoms with Crippen LogP contribution in [-0.4, -0.2) is 66.6 Å². The van der Waals surface area contributed by atoms with E-state index in [1.54, 1.807) is 0 Å². The van der Waals surface area contributed by atoms with E-state index in [-0.39, 0.29) is 6.03 Å². The molecule has 1 aliphatic heterocycles. The molecule has 0 bridgehead atoms. The first-order valence-electron chi connectivity index (χ1n) is 7.62. The van der Waals surface area contributed by atoms with Crippen molar-refractivity contribution in [3.05, 3.63) is 24.3 Å². The Bertz CT molecular complexity index is 491. The summed E-state index contributed by atoms with van der Waals surface area (Å²) in [5.74, 6) is -0.471. The van der Waals surface area contributed by atoms with Crippen molar-refractivity contribution in [3.63, 3.8) is 0 Å². The van der Waals surface area contributed by atoms with Gasteiger partial charge in [-0.3, -0.25) is 9.88 Å². The lowest BCUT2D eigenvalue weighted by Crippen LogP contribution is -2.48. The van der Waals surface area contributed by atoms with Crippen molar-refractivity contribution < 1.29 is 9.18 Å². The van der Waals surface area contributed by atoms with Crippen molar-refractivity contribution in [2.45, 2.75) is 19.4 Å². The molecule has 0 unspecified atom stereocenters. The monoisotopic (exact) mass is 309 g/mol. The number of hydrogen-bond acceptors (Lipinski definition) is 4. The van der Waals surface area contributed by atoms with Crippen molar-refractivity contribution in [3.8, 4) is 0 Å². The summed E-state index contributed by atoms with van der Waals surface area (Å²) in [5.41, 5.74) is 0.351. The van der Waals surface area contributed by atoms with E-state index >= 15 is 0 Å². The minimum absolute atomic E-state index is 0.335. The molecule has 0 radical (unpaired) electrons. The maximum atomic E-state index is 13.0. The number of carbonyl (C=O) groups excluding carboxylic acids is 1. The smallest absolute Gasteiger partial charge is 0.319 e. The van der Waals surface area contributed by atoms with E-state index in [0.717, 1.165) is 38.8 Å². The first-order valence-corrected chi connectivity index (χ1v) is 7.62. The Morgan fingerprint density at radius 2 is 2.09 bits per heavy atom. The van der Waals surface area contributed by atoms with Gasteiger partial charge in [-0.25, -0.2) is 9.18 Å². The van der Waals surface area contributed by atoms with Gasteiger partial charge in [-0.2, -0.15) is 0 Å². The van der Waals surface area contributed by atoms with Gasteiger partial charge in [0.15, 0.2) is 0 Å². The maximum Gasteiger partial charge on any atom is 0.319 e. The summed E-state index contributed by atoms with van der Waals surface area (Å²) in [7, 11) is 2.13. The Morgan fingerprint density at radius 3 is 2.77 bits per heavy atom. The van der Waals surface area contributed by atoms with Crippen molar-refractivity contribution in [1.29, 1.82) is 0 Å². The average molecular weight is 309 g/mol. The average Bonchev–Trinajstić information content (AvgIpc) is 2.47. The molecule has 1 aromatic heterocycles. The van der Waals surface area contributed by atoms with Crippen LogP contribution in [0, 0.1) is 5.82 Å². The first kappa shape index (κ1) is 16.6. The molecule has 0 aromatic carbocycles. The number of piperazine rings is 1. The van der Waals surface area contributed by atoms with Crippen LogP contribution in [0.5, 0.6) is 0 Å². The summed E-state index contributed by atoms with van der Waals surface area (Å²) in [6.07, 6.45) is 3.40. The number of nitrogens with zero attached hydrogens (tertiary/aromatic N) is 3. The minimum atomic E-state index is -0.471. The molecule has 1 aromatic rings. The van der Waals surface area contributed by atoms with E-state index in [4.69, 9.17) is 0 Å². The number of hydrogen-bond donors (Lipinski definition) is 2. The molecule has 2 heterocycles.